The summed E-state index contributed by atoms with van der Waals surface area (Å²) in [6, 6.07) is 9.51. The summed E-state index contributed by atoms with van der Waals surface area (Å²) in [7, 11) is 0. The molecule has 23 heavy (non-hydrogen) atoms. The second-order valence-corrected chi connectivity index (χ2v) is 6.44. The molecule has 0 bridgehead atoms. The Balaban J connectivity index is 1.68. The molecule has 3 rings (SSSR count). The van der Waals surface area contributed by atoms with Crippen LogP contribution < -0.4 is 4.90 Å². The molecular weight excluding hydrogens is 308 g/mol. The van der Waals surface area contributed by atoms with E-state index in [1.54, 1.807) is 0 Å². The third kappa shape index (κ3) is 4.04. The summed E-state index contributed by atoms with van der Waals surface area (Å²) in [6.45, 7) is 3.57. The quantitative estimate of drug-likeness (QED) is 0.816. The number of aromatic nitrogens is 1. The lowest BCUT2D eigenvalue weighted by molar-refractivity contribution is 0.0746. The Morgan fingerprint density at radius 1 is 1.22 bits per heavy atom. The molecule has 0 aliphatic carbocycles. The van der Waals surface area contributed by atoms with Crippen LogP contribution in [0.3, 0.4) is 0 Å². The van der Waals surface area contributed by atoms with Crippen LogP contribution in [0.4, 0.5) is 5.69 Å². The number of hydrogen-bond donors (Lipinski definition) is 1. The van der Waals surface area contributed by atoms with Gasteiger partial charge < -0.3 is 10.0 Å². The van der Waals surface area contributed by atoms with Crippen LogP contribution >= 0.6 is 11.6 Å². The van der Waals surface area contributed by atoms with Crippen LogP contribution in [0.25, 0.3) is 0 Å². The van der Waals surface area contributed by atoms with Crippen LogP contribution in [0.1, 0.15) is 24.0 Å². The van der Waals surface area contributed by atoms with Gasteiger partial charge in [0.1, 0.15) is 5.60 Å². The molecule has 1 N–H and O–H groups in total. The van der Waals surface area contributed by atoms with Crippen molar-refractivity contribution in [1.29, 1.82) is 0 Å². The van der Waals surface area contributed by atoms with E-state index in [-0.39, 0.29) is 0 Å². The normalized spacial score (nSPS) is 16.6. The summed E-state index contributed by atoms with van der Waals surface area (Å²) in [5.74, 6) is 6.07. The molecule has 1 fully saturated rings. The fourth-order valence-corrected chi connectivity index (χ4v) is 2.92. The van der Waals surface area contributed by atoms with Crippen molar-refractivity contribution in [2.24, 2.45) is 0 Å². The van der Waals surface area contributed by atoms with Crippen LogP contribution in [-0.4, -0.2) is 28.8 Å². The van der Waals surface area contributed by atoms with E-state index >= 15 is 0 Å². The van der Waals surface area contributed by atoms with Gasteiger partial charge in [-0.1, -0.05) is 29.5 Å². The minimum atomic E-state index is -0.934. The van der Waals surface area contributed by atoms with Crippen molar-refractivity contribution in [2.45, 2.75) is 25.4 Å². The predicted octanol–water partition coefficient (Wildman–Crippen LogP) is 3.43. The number of aryl methyl sites for hydroxylation is 1. The topological polar surface area (TPSA) is 36.4 Å². The standard InChI is InChI=1S/C19H19ClN2O/c1-15-11-18(14-21-13-15)22-9-7-19(23,8-10-22)6-5-16-3-2-4-17(20)12-16/h2-4,11-14,23H,7-10H2,1H3. The third-order valence-electron chi connectivity index (χ3n) is 4.08. The molecule has 2 aromatic rings. The van der Waals surface area contributed by atoms with Gasteiger partial charge in [-0.3, -0.25) is 4.98 Å². The zero-order valence-electron chi connectivity index (χ0n) is 13.1. The first-order chi connectivity index (χ1) is 11.0. The summed E-state index contributed by atoms with van der Waals surface area (Å²) in [4.78, 5) is 6.48. The molecule has 3 nitrogen and oxygen atoms in total. The van der Waals surface area contributed by atoms with Crippen molar-refractivity contribution in [1.82, 2.24) is 4.98 Å². The Labute approximate surface area is 141 Å². The van der Waals surface area contributed by atoms with E-state index in [2.05, 4.69) is 27.8 Å². The van der Waals surface area contributed by atoms with Gasteiger partial charge >= 0.3 is 0 Å². The molecule has 1 aromatic heterocycles. The zero-order valence-corrected chi connectivity index (χ0v) is 13.8. The third-order valence-corrected chi connectivity index (χ3v) is 4.32. The average molecular weight is 327 g/mol. The monoisotopic (exact) mass is 326 g/mol. The van der Waals surface area contributed by atoms with E-state index < -0.39 is 5.60 Å². The Bertz CT molecular complexity index is 755. The van der Waals surface area contributed by atoms with Gasteiger partial charge in [-0.15, -0.1) is 0 Å². The first-order valence-corrected chi connectivity index (χ1v) is 8.10. The summed E-state index contributed by atoms with van der Waals surface area (Å²) >= 11 is 5.96. The van der Waals surface area contributed by atoms with E-state index in [1.807, 2.05) is 43.6 Å². The highest BCUT2D eigenvalue weighted by molar-refractivity contribution is 6.30. The number of pyridine rings is 1. The fraction of sp³-hybridized carbons (Fsp3) is 0.316. The largest absolute Gasteiger partial charge is 0.377 e. The molecular formula is C19H19ClN2O. The van der Waals surface area contributed by atoms with Crippen molar-refractivity contribution in [3.8, 4) is 11.8 Å². The number of piperidine rings is 1. The minimum absolute atomic E-state index is 0.620. The molecule has 1 aliphatic heterocycles. The summed E-state index contributed by atoms with van der Waals surface area (Å²) in [5.41, 5.74) is 2.14. The number of benzene rings is 1. The number of nitrogens with zero attached hydrogens (tertiary/aromatic N) is 2. The van der Waals surface area contributed by atoms with Gasteiger partial charge in [-0.2, -0.15) is 0 Å². The van der Waals surface area contributed by atoms with E-state index in [9.17, 15) is 5.11 Å². The first-order valence-electron chi connectivity index (χ1n) is 7.72. The van der Waals surface area contributed by atoms with Crippen LogP contribution in [0, 0.1) is 18.8 Å². The Morgan fingerprint density at radius 3 is 2.70 bits per heavy atom. The van der Waals surface area contributed by atoms with E-state index in [0.717, 1.165) is 29.9 Å². The Hall–Kier alpha value is -2.02. The van der Waals surface area contributed by atoms with Gasteiger partial charge in [-0.25, -0.2) is 0 Å². The molecule has 0 amide bonds. The highest BCUT2D eigenvalue weighted by Crippen LogP contribution is 2.26. The zero-order chi connectivity index (χ0) is 16.3. The number of halogens is 1. The van der Waals surface area contributed by atoms with Crippen molar-refractivity contribution >= 4 is 17.3 Å². The smallest absolute Gasteiger partial charge is 0.129 e. The van der Waals surface area contributed by atoms with Gasteiger partial charge in [-0.05, 0) is 36.8 Å². The highest BCUT2D eigenvalue weighted by atomic mass is 35.5. The maximum absolute atomic E-state index is 10.7. The summed E-state index contributed by atoms with van der Waals surface area (Å²) < 4.78 is 0. The van der Waals surface area contributed by atoms with Crippen LogP contribution in [0.5, 0.6) is 0 Å². The molecule has 4 heteroatoms. The molecule has 0 radical (unpaired) electrons. The maximum Gasteiger partial charge on any atom is 0.129 e. The summed E-state index contributed by atoms with van der Waals surface area (Å²) in [6.07, 6.45) is 4.96. The van der Waals surface area contributed by atoms with Gasteiger partial charge in [0, 0.05) is 42.7 Å². The van der Waals surface area contributed by atoms with E-state index in [0.29, 0.717) is 17.9 Å². The molecule has 118 valence electrons. The van der Waals surface area contributed by atoms with Gasteiger partial charge in [0.25, 0.3) is 0 Å². The molecule has 0 atom stereocenters. The second kappa shape index (κ2) is 6.62. The van der Waals surface area contributed by atoms with Crippen molar-refractivity contribution in [2.75, 3.05) is 18.0 Å². The SMILES string of the molecule is Cc1cncc(N2CCC(O)(C#Cc3cccc(Cl)c3)CC2)c1. The number of rotatable bonds is 1. The Kier molecular flexibility index (Phi) is 4.56. The van der Waals surface area contributed by atoms with E-state index in [4.69, 9.17) is 11.6 Å². The Morgan fingerprint density at radius 2 is 2.00 bits per heavy atom. The maximum atomic E-state index is 10.7. The van der Waals surface area contributed by atoms with E-state index in [1.165, 1.54) is 0 Å². The lowest BCUT2D eigenvalue weighted by atomic mass is 9.91. The molecule has 1 aromatic carbocycles. The molecule has 0 spiro atoms. The molecule has 0 unspecified atom stereocenters. The minimum Gasteiger partial charge on any atom is -0.377 e. The first kappa shape index (κ1) is 15.9. The number of anilines is 1. The van der Waals surface area contributed by atoms with Crippen LogP contribution in [-0.2, 0) is 0 Å². The van der Waals surface area contributed by atoms with Crippen molar-refractivity contribution in [3.63, 3.8) is 0 Å². The average Bonchev–Trinajstić information content (AvgIpc) is 2.54. The van der Waals surface area contributed by atoms with Gasteiger partial charge in [0.2, 0.25) is 0 Å². The van der Waals surface area contributed by atoms with Gasteiger partial charge in [0.15, 0.2) is 0 Å². The van der Waals surface area contributed by atoms with Gasteiger partial charge in [0.05, 0.1) is 11.9 Å². The molecule has 1 aliphatic rings. The van der Waals surface area contributed by atoms with Crippen LogP contribution in [0.15, 0.2) is 42.7 Å². The summed E-state index contributed by atoms with van der Waals surface area (Å²) in [5, 5.41) is 11.3. The fourth-order valence-electron chi connectivity index (χ4n) is 2.73. The molecule has 0 saturated carbocycles. The molecule has 1 saturated heterocycles. The lowest BCUT2D eigenvalue weighted by Crippen LogP contribution is -2.43. The predicted molar refractivity (Wildman–Crippen MR) is 93.7 cm³/mol. The highest BCUT2D eigenvalue weighted by Gasteiger charge is 2.30. The number of aliphatic hydroxyl groups is 1. The second-order valence-electron chi connectivity index (χ2n) is 6.00. The van der Waals surface area contributed by atoms with Crippen molar-refractivity contribution in [3.05, 3.63) is 58.9 Å². The van der Waals surface area contributed by atoms with Crippen LogP contribution in [0.2, 0.25) is 5.02 Å². The lowest BCUT2D eigenvalue weighted by Gasteiger charge is -2.36. The van der Waals surface area contributed by atoms with Crippen molar-refractivity contribution < 1.29 is 5.11 Å². The number of hydrogen-bond acceptors (Lipinski definition) is 3. The molecule has 2 heterocycles.